The van der Waals surface area contributed by atoms with Crippen LogP contribution in [0.25, 0.3) is 0 Å². The Morgan fingerprint density at radius 2 is 2.27 bits per heavy atom. The van der Waals surface area contributed by atoms with Gasteiger partial charge in [0.1, 0.15) is 6.04 Å². The first-order valence-electron chi connectivity index (χ1n) is 3.99. The number of methoxy groups -OCH3 is 1. The quantitative estimate of drug-likeness (QED) is 0.608. The predicted octanol–water partition coefficient (Wildman–Crippen LogP) is 0.546. The van der Waals surface area contributed by atoms with Gasteiger partial charge < -0.3 is 10.1 Å². The topological polar surface area (TPSA) is 38.3 Å². The second kappa shape index (κ2) is 3.22. The lowest BCUT2D eigenvalue weighted by Gasteiger charge is -2.09. The van der Waals surface area contributed by atoms with Crippen LogP contribution in [0.4, 0.5) is 0 Å². The molecule has 1 aliphatic carbocycles. The van der Waals surface area contributed by atoms with Crippen molar-refractivity contribution in [2.24, 2.45) is 5.92 Å². The van der Waals surface area contributed by atoms with Crippen LogP contribution in [0, 0.1) is 5.92 Å². The summed E-state index contributed by atoms with van der Waals surface area (Å²) in [7, 11) is 1.41. The molecule has 3 atom stereocenters. The first kappa shape index (κ1) is 8.53. The number of nitrogens with one attached hydrogen (secondary N) is 1. The van der Waals surface area contributed by atoms with Crippen molar-refractivity contribution in [3.05, 3.63) is 0 Å². The first-order valence-corrected chi connectivity index (χ1v) is 3.99. The summed E-state index contributed by atoms with van der Waals surface area (Å²) in [6.45, 7) is 4.00. The molecule has 0 aliphatic heterocycles. The van der Waals surface area contributed by atoms with Gasteiger partial charge in [0.25, 0.3) is 0 Å². The van der Waals surface area contributed by atoms with E-state index in [0.29, 0.717) is 6.04 Å². The summed E-state index contributed by atoms with van der Waals surface area (Å²) in [6.07, 6.45) is 1.18. The zero-order chi connectivity index (χ0) is 8.43. The van der Waals surface area contributed by atoms with Crippen molar-refractivity contribution in [1.29, 1.82) is 0 Å². The van der Waals surface area contributed by atoms with Gasteiger partial charge >= 0.3 is 5.97 Å². The maximum Gasteiger partial charge on any atom is 0.322 e. The van der Waals surface area contributed by atoms with Gasteiger partial charge in [-0.3, -0.25) is 4.79 Å². The molecule has 3 heteroatoms. The average molecular weight is 157 g/mol. The van der Waals surface area contributed by atoms with Crippen molar-refractivity contribution in [3.63, 3.8) is 0 Å². The number of esters is 1. The van der Waals surface area contributed by atoms with Gasteiger partial charge in [0, 0.05) is 6.04 Å². The summed E-state index contributed by atoms with van der Waals surface area (Å²) >= 11 is 0. The van der Waals surface area contributed by atoms with E-state index in [0.717, 1.165) is 5.92 Å². The fourth-order valence-corrected chi connectivity index (χ4v) is 1.12. The summed E-state index contributed by atoms with van der Waals surface area (Å²) in [5, 5.41) is 3.18. The van der Waals surface area contributed by atoms with Gasteiger partial charge in [0.05, 0.1) is 7.11 Å². The highest BCUT2D eigenvalue weighted by atomic mass is 16.5. The molecule has 0 radical (unpaired) electrons. The van der Waals surface area contributed by atoms with Crippen LogP contribution in [-0.2, 0) is 9.53 Å². The largest absolute Gasteiger partial charge is 0.468 e. The van der Waals surface area contributed by atoms with E-state index in [2.05, 4.69) is 17.0 Å². The van der Waals surface area contributed by atoms with Crippen molar-refractivity contribution in [1.82, 2.24) is 5.32 Å². The minimum Gasteiger partial charge on any atom is -0.468 e. The lowest BCUT2D eigenvalue weighted by molar-refractivity contribution is -0.142. The molecule has 1 fully saturated rings. The summed E-state index contributed by atoms with van der Waals surface area (Å²) in [5.74, 6) is 0.547. The molecular weight excluding hydrogens is 142 g/mol. The SMILES string of the molecule is COC(=O)C(C)NC1CC1C. The van der Waals surface area contributed by atoms with Crippen LogP contribution < -0.4 is 5.32 Å². The fourth-order valence-electron chi connectivity index (χ4n) is 1.12. The average Bonchev–Trinajstić information content (AvgIpc) is 2.65. The van der Waals surface area contributed by atoms with Crippen molar-refractivity contribution < 1.29 is 9.53 Å². The van der Waals surface area contributed by atoms with Gasteiger partial charge in [-0.05, 0) is 19.3 Å². The van der Waals surface area contributed by atoms with E-state index in [1.165, 1.54) is 13.5 Å². The Bertz CT molecular complexity index is 158. The molecule has 0 saturated heterocycles. The molecule has 1 aliphatic rings. The zero-order valence-corrected chi connectivity index (χ0v) is 7.26. The zero-order valence-electron chi connectivity index (χ0n) is 7.26. The molecule has 3 nitrogen and oxygen atoms in total. The number of carbonyl (C=O) groups excluding carboxylic acids is 1. The fraction of sp³-hybridized carbons (Fsp3) is 0.875. The van der Waals surface area contributed by atoms with Gasteiger partial charge in [-0.25, -0.2) is 0 Å². The Labute approximate surface area is 67.1 Å². The maximum atomic E-state index is 10.9. The number of ether oxygens (including phenoxy) is 1. The molecule has 64 valence electrons. The second-order valence-electron chi connectivity index (χ2n) is 3.23. The number of carbonyl (C=O) groups is 1. The van der Waals surface area contributed by atoms with E-state index >= 15 is 0 Å². The molecule has 0 aromatic carbocycles. The van der Waals surface area contributed by atoms with Crippen LogP contribution in [0.3, 0.4) is 0 Å². The molecule has 11 heavy (non-hydrogen) atoms. The summed E-state index contributed by atoms with van der Waals surface area (Å²) in [4.78, 5) is 10.9. The third-order valence-corrected chi connectivity index (χ3v) is 2.13. The minimum absolute atomic E-state index is 0.157. The Morgan fingerprint density at radius 3 is 2.64 bits per heavy atom. The third-order valence-electron chi connectivity index (χ3n) is 2.13. The highest BCUT2D eigenvalue weighted by Gasteiger charge is 2.34. The Morgan fingerprint density at radius 1 is 1.73 bits per heavy atom. The van der Waals surface area contributed by atoms with Crippen LogP contribution in [0.5, 0.6) is 0 Å². The monoisotopic (exact) mass is 157 g/mol. The molecular formula is C8H15NO2. The van der Waals surface area contributed by atoms with Gasteiger partial charge in [-0.2, -0.15) is 0 Å². The Balaban J connectivity index is 2.20. The standard InChI is InChI=1S/C8H15NO2/c1-5-4-7(5)9-6(2)8(10)11-3/h5-7,9H,4H2,1-3H3. The summed E-state index contributed by atoms with van der Waals surface area (Å²) in [5.41, 5.74) is 0. The van der Waals surface area contributed by atoms with Crippen LogP contribution >= 0.6 is 0 Å². The van der Waals surface area contributed by atoms with Crippen molar-refractivity contribution >= 4 is 5.97 Å². The maximum absolute atomic E-state index is 10.9. The van der Waals surface area contributed by atoms with E-state index in [1.807, 2.05) is 6.92 Å². The van der Waals surface area contributed by atoms with Crippen LogP contribution in [0.15, 0.2) is 0 Å². The summed E-state index contributed by atoms with van der Waals surface area (Å²) in [6, 6.07) is 0.374. The lowest BCUT2D eigenvalue weighted by atomic mass is 10.3. The summed E-state index contributed by atoms with van der Waals surface area (Å²) < 4.78 is 4.57. The Hall–Kier alpha value is -0.570. The molecule has 1 rings (SSSR count). The van der Waals surface area contributed by atoms with Gasteiger partial charge in [0.2, 0.25) is 0 Å². The number of hydrogen-bond donors (Lipinski definition) is 1. The minimum atomic E-state index is -0.177. The molecule has 0 spiro atoms. The van der Waals surface area contributed by atoms with Crippen molar-refractivity contribution in [2.75, 3.05) is 7.11 Å². The van der Waals surface area contributed by atoms with Gasteiger partial charge in [-0.15, -0.1) is 0 Å². The van der Waals surface area contributed by atoms with E-state index < -0.39 is 0 Å². The number of hydrogen-bond acceptors (Lipinski definition) is 3. The van der Waals surface area contributed by atoms with Crippen LogP contribution in [0.2, 0.25) is 0 Å². The van der Waals surface area contributed by atoms with E-state index in [4.69, 9.17) is 0 Å². The lowest BCUT2D eigenvalue weighted by Crippen LogP contribution is -2.36. The molecule has 0 heterocycles. The van der Waals surface area contributed by atoms with Crippen molar-refractivity contribution in [3.8, 4) is 0 Å². The molecule has 1 saturated carbocycles. The highest BCUT2D eigenvalue weighted by molar-refractivity contribution is 5.75. The molecule has 3 unspecified atom stereocenters. The molecule has 0 aromatic rings. The predicted molar refractivity (Wildman–Crippen MR) is 42.2 cm³/mol. The molecule has 1 N–H and O–H groups in total. The smallest absolute Gasteiger partial charge is 0.322 e. The van der Waals surface area contributed by atoms with E-state index in [1.54, 1.807) is 0 Å². The van der Waals surface area contributed by atoms with Crippen LogP contribution in [-0.4, -0.2) is 25.2 Å². The second-order valence-corrected chi connectivity index (χ2v) is 3.23. The third kappa shape index (κ3) is 2.19. The molecule has 0 amide bonds. The van der Waals surface area contributed by atoms with Crippen molar-refractivity contribution in [2.45, 2.75) is 32.4 Å². The molecule has 0 bridgehead atoms. The van der Waals surface area contributed by atoms with Crippen LogP contribution in [0.1, 0.15) is 20.3 Å². The van der Waals surface area contributed by atoms with E-state index in [-0.39, 0.29) is 12.0 Å². The van der Waals surface area contributed by atoms with Gasteiger partial charge in [0.15, 0.2) is 0 Å². The normalized spacial score (nSPS) is 31.2. The highest BCUT2D eigenvalue weighted by Crippen LogP contribution is 2.29. The van der Waals surface area contributed by atoms with Gasteiger partial charge in [-0.1, -0.05) is 6.92 Å². The van der Waals surface area contributed by atoms with E-state index in [9.17, 15) is 4.79 Å². The Kier molecular flexibility index (Phi) is 2.49. The number of rotatable bonds is 3. The molecule has 0 aromatic heterocycles. The first-order chi connectivity index (χ1) is 5.15.